The lowest BCUT2D eigenvalue weighted by Crippen LogP contribution is -2.35. The van der Waals surface area contributed by atoms with Gasteiger partial charge in [-0.1, -0.05) is 36.4 Å². The van der Waals surface area contributed by atoms with Crippen LogP contribution in [0.2, 0.25) is 0 Å². The van der Waals surface area contributed by atoms with Crippen molar-refractivity contribution in [3.8, 4) is 0 Å². The maximum Gasteiger partial charge on any atom is 0.338 e. The zero-order valence-electron chi connectivity index (χ0n) is 14.2. The van der Waals surface area contributed by atoms with Gasteiger partial charge in [-0.25, -0.2) is 9.59 Å². The quantitative estimate of drug-likeness (QED) is 0.607. The minimum absolute atomic E-state index is 0.184. The third kappa shape index (κ3) is 3.91. The van der Waals surface area contributed by atoms with Crippen molar-refractivity contribution in [3.05, 3.63) is 71.8 Å². The van der Waals surface area contributed by atoms with Crippen molar-refractivity contribution in [1.82, 2.24) is 0 Å². The second-order valence-corrected chi connectivity index (χ2v) is 5.96. The van der Waals surface area contributed by atoms with Crippen molar-refractivity contribution < 1.29 is 28.6 Å². The van der Waals surface area contributed by atoms with E-state index in [0.717, 1.165) is 0 Å². The Hall–Kier alpha value is -3.15. The molecule has 6 nitrogen and oxygen atoms in total. The SMILES string of the molecule is CC1C(=O)O[C@H](COC(=O)c2ccccc2)C1OC(=O)c1ccccc1. The molecule has 1 aliphatic heterocycles. The van der Waals surface area contributed by atoms with Crippen molar-refractivity contribution in [1.29, 1.82) is 0 Å². The van der Waals surface area contributed by atoms with Crippen LogP contribution in [0.1, 0.15) is 27.6 Å². The summed E-state index contributed by atoms with van der Waals surface area (Å²) in [5, 5.41) is 0. The molecule has 1 heterocycles. The van der Waals surface area contributed by atoms with Crippen LogP contribution in [-0.4, -0.2) is 36.7 Å². The Morgan fingerprint density at radius 1 is 0.923 bits per heavy atom. The highest BCUT2D eigenvalue weighted by molar-refractivity contribution is 5.90. The van der Waals surface area contributed by atoms with Gasteiger partial charge in [0, 0.05) is 0 Å². The molecule has 2 aromatic rings. The number of carbonyl (C=O) groups excluding carboxylic acids is 3. The summed E-state index contributed by atoms with van der Waals surface area (Å²) in [6, 6.07) is 16.9. The summed E-state index contributed by atoms with van der Waals surface area (Å²) in [5.74, 6) is -2.21. The van der Waals surface area contributed by atoms with Gasteiger partial charge in [0.25, 0.3) is 0 Å². The molecule has 134 valence electrons. The molecule has 0 bridgehead atoms. The van der Waals surface area contributed by atoms with Crippen molar-refractivity contribution in [2.75, 3.05) is 6.61 Å². The number of carbonyl (C=O) groups is 3. The van der Waals surface area contributed by atoms with Gasteiger partial charge in [0.15, 0.2) is 12.2 Å². The summed E-state index contributed by atoms with van der Waals surface area (Å²) in [4.78, 5) is 36.2. The highest BCUT2D eigenvalue weighted by Crippen LogP contribution is 2.26. The zero-order valence-corrected chi connectivity index (χ0v) is 14.2. The first-order chi connectivity index (χ1) is 12.6. The first kappa shape index (κ1) is 17.7. The minimum Gasteiger partial charge on any atom is -0.458 e. The van der Waals surface area contributed by atoms with Crippen LogP contribution in [-0.2, 0) is 19.0 Å². The molecular weight excluding hydrogens is 336 g/mol. The number of cyclic esters (lactones) is 1. The summed E-state index contributed by atoms with van der Waals surface area (Å²) in [5.41, 5.74) is 0.766. The van der Waals surface area contributed by atoms with Crippen LogP contribution in [0.15, 0.2) is 60.7 Å². The van der Waals surface area contributed by atoms with Crippen molar-refractivity contribution in [3.63, 3.8) is 0 Å². The van der Waals surface area contributed by atoms with E-state index in [1.54, 1.807) is 67.6 Å². The van der Waals surface area contributed by atoms with Gasteiger partial charge in [0.2, 0.25) is 0 Å². The number of hydrogen-bond donors (Lipinski definition) is 0. The summed E-state index contributed by atoms with van der Waals surface area (Å²) >= 11 is 0. The van der Waals surface area contributed by atoms with E-state index >= 15 is 0 Å². The van der Waals surface area contributed by atoms with Gasteiger partial charge >= 0.3 is 17.9 Å². The van der Waals surface area contributed by atoms with Crippen LogP contribution in [0.3, 0.4) is 0 Å². The lowest BCUT2D eigenvalue weighted by atomic mass is 10.0. The molecular formula is C20H18O6. The van der Waals surface area contributed by atoms with E-state index in [2.05, 4.69) is 0 Å². The molecule has 0 amide bonds. The first-order valence-electron chi connectivity index (χ1n) is 8.25. The number of rotatable bonds is 5. The van der Waals surface area contributed by atoms with Gasteiger partial charge in [-0.3, -0.25) is 4.79 Å². The third-order valence-electron chi connectivity index (χ3n) is 4.14. The molecule has 1 saturated heterocycles. The van der Waals surface area contributed by atoms with E-state index in [1.165, 1.54) is 0 Å². The fourth-order valence-corrected chi connectivity index (χ4v) is 2.67. The number of esters is 3. The summed E-state index contributed by atoms with van der Waals surface area (Å²) in [6.45, 7) is 1.43. The molecule has 3 rings (SSSR count). The second-order valence-electron chi connectivity index (χ2n) is 5.96. The van der Waals surface area contributed by atoms with Crippen LogP contribution in [0.4, 0.5) is 0 Å². The molecule has 0 spiro atoms. The van der Waals surface area contributed by atoms with Gasteiger partial charge in [-0.05, 0) is 31.2 Å². The Bertz CT molecular complexity index is 786. The molecule has 2 unspecified atom stereocenters. The fraction of sp³-hybridized carbons (Fsp3) is 0.250. The van der Waals surface area contributed by atoms with E-state index in [4.69, 9.17) is 14.2 Å². The Balaban J connectivity index is 1.64. The molecule has 0 saturated carbocycles. The molecule has 1 fully saturated rings. The molecule has 26 heavy (non-hydrogen) atoms. The van der Waals surface area contributed by atoms with E-state index in [0.29, 0.717) is 11.1 Å². The van der Waals surface area contributed by atoms with E-state index in [-0.39, 0.29) is 6.61 Å². The van der Waals surface area contributed by atoms with Crippen LogP contribution in [0.5, 0.6) is 0 Å². The number of hydrogen-bond acceptors (Lipinski definition) is 6. The Morgan fingerprint density at radius 2 is 1.46 bits per heavy atom. The molecule has 0 aliphatic carbocycles. The van der Waals surface area contributed by atoms with Crippen LogP contribution >= 0.6 is 0 Å². The lowest BCUT2D eigenvalue weighted by molar-refractivity contribution is -0.145. The Morgan fingerprint density at radius 3 is 2.04 bits per heavy atom. The molecule has 0 radical (unpaired) electrons. The minimum atomic E-state index is -0.835. The molecule has 1 aliphatic rings. The highest BCUT2D eigenvalue weighted by atomic mass is 16.6. The molecule has 0 N–H and O–H groups in total. The topological polar surface area (TPSA) is 78.9 Å². The molecule has 2 aromatic carbocycles. The van der Waals surface area contributed by atoms with Gasteiger partial charge in [0.05, 0.1) is 17.0 Å². The predicted molar refractivity (Wildman–Crippen MR) is 91.4 cm³/mol. The van der Waals surface area contributed by atoms with E-state index < -0.39 is 36.0 Å². The van der Waals surface area contributed by atoms with Gasteiger partial charge < -0.3 is 14.2 Å². The molecule has 6 heteroatoms. The summed E-state index contributed by atoms with van der Waals surface area (Å²) in [7, 11) is 0. The second kappa shape index (κ2) is 7.82. The predicted octanol–water partition coefficient (Wildman–Crippen LogP) is 2.63. The zero-order chi connectivity index (χ0) is 18.5. The third-order valence-corrected chi connectivity index (χ3v) is 4.14. The molecule has 3 atom stereocenters. The fourth-order valence-electron chi connectivity index (χ4n) is 2.67. The van der Waals surface area contributed by atoms with Crippen molar-refractivity contribution in [2.24, 2.45) is 5.92 Å². The Kier molecular flexibility index (Phi) is 5.31. The summed E-state index contributed by atoms with van der Waals surface area (Å²) < 4.78 is 15.9. The monoisotopic (exact) mass is 354 g/mol. The Labute approximate surface area is 150 Å². The standard InChI is InChI=1S/C20H18O6/c1-13-17(26-20(23)15-10-6-3-7-11-15)16(25-18(13)21)12-24-19(22)14-8-4-2-5-9-14/h2-11,13,16-17H,12H2,1H3/t13?,16-,17?/m1/s1. The summed E-state index contributed by atoms with van der Waals surface area (Å²) in [6.07, 6.45) is -1.66. The van der Waals surface area contributed by atoms with Crippen molar-refractivity contribution >= 4 is 17.9 Å². The maximum atomic E-state index is 12.3. The number of benzene rings is 2. The first-order valence-corrected chi connectivity index (χ1v) is 8.25. The van der Waals surface area contributed by atoms with Crippen molar-refractivity contribution in [2.45, 2.75) is 19.1 Å². The van der Waals surface area contributed by atoms with E-state index in [1.807, 2.05) is 0 Å². The lowest BCUT2D eigenvalue weighted by Gasteiger charge is -2.20. The highest BCUT2D eigenvalue weighted by Gasteiger charge is 2.45. The van der Waals surface area contributed by atoms with Gasteiger partial charge in [-0.2, -0.15) is 0 Å². The van der Waals surface area contributed by atoms with Gasteiger partial charge in [-0.15, -0.1) is 0 Å². The molecule has 0 aromatic heterocycles. The smallest absolute Gasteiger partial charge is 0.338 e. The van der Waals surface area contributed by atoms with E-state index in [9.17, 15) is 14.4 Å². The van der Waals surface area contributed by atoms with Crippen LogP contribution in [0, 0.1) is 5.92 Å². The van der Waals surface area contributed by atoms with Crippen LogP contribution < -0.4 is 0 Å². The maximum absolute atomic E-state index is 12.3. The average Bonchev–Trinajstić information content (AvgIpc) is 2.95. The normalized spacial score (nSPS) is 21.7. The van der Waals surface area contributed by atoms with Gasteiger partial charge in [0.1, 0.15) is 6.61 Å². The van der Waals surface area contributed by atoms with Crippen LogP contribution in [0.25, 0.3) is 0 Å². The largest absolute Gasteiger partial charge is 0.458 e. The average molecular weight is 354 g/mol. The number of ether oxygens (including phenoxy) is 3.